The molecule has 0 unspecified atom stereocenters. The normalized spacial score (nSPS) is 15.9. The number of hydrogen-bond donors (Lipinski definition) is 0. The van der Waals surface area contributed by atoms with Gasteiger partial charge >= 0.3 is 0 Å². The Bertz CT molecular complexity index is 1260. The van der Waals surface area contributed by atoms with E-state index in [-0.39, 0.29) is 15.2 Å². The van der Waals surface area contributed by atoms with Crippen LogP contribution in [-0.4, -0.2) is 47.4 Å². The molecule has 0 bridgehead atoms. The number of aromatic nitrogens is 3. The van der Waals surface area contributed by atoms with Crippen LogP contribution in [0, 0.1) is 11.9 Å². The summed E-state index contributed by atoms with van der Waals surface area (Å²) in [6.07, 6.45) is 3.88. The average Bonchev–Trinajstić information content (AvgIpc) is 3.12. The van der Waals surface area contributed by atoms with E-state index in [1.807, 2.05) is 0 Å². The van der Waals surface area contributed by atoms with Gasteiger partial charge in [0.25, 0.3) is 0 Å². The Balaban J connectivity index is 1.74. The van der Waals surface area contributed by atoms with E-state index in [9.17, 15) is 17.6 Å². The summed E-state index contributed by atoms with van der Waals surface area (Å²) in [6, 6.07) is 7.10. The molecular formula is C23H27FN4O3S. The number of carbonyl (C=O) groups excluding carboxylic acids is 1. The molecule has 9 heteroatoms. The lowest BCUT2D eigenvalue weighted by Gasteiger charge is -2.31. The molecule has 0 N–H and O–H groups in total. The number of hydrogen-bond acceptors (Lipinski definition) is 5. The van der Waals surface area contributed by atoms with Crippen molar-refractivity contribution in [2.75, 3.05) is 13.1 Å². The van der Waals surface area contributed by atoms with Crippen LogP contribution < -0.4 is 0 Å². The van der Waals surface area contributed by atoms with Crippen molar-refractivity contribution in [1.82, 2.24) is 19.4 Å². The van der Waals surface area contributed by atoms with Gasteiger partial charge in [-0.05, 0) is 43.0 Å². The van der Waals surface area contributed by atoms with Gasteiger partial charge in [-0.25, -0.2) is 18.4 Å². The number of sulfone groups is 1. The van der Waals surface area contributed by atoms with E-state index < -0.39 is 15.8 Å². The molecule has 4 rings (SSSR count). The quantitative estimate of drug-likeness (QED) is 0.431. The lowest BCUT2D eigenvalue weighted by Crippen LogP contribution is -2.34. The van der Waals surface area contributed by atoms with E-state index >= 15 is 0 Å². The van der Waals surface area contributed by atoms with E-state index in [1.165, 1.54) is 6.07 Å². The topological polar surface area (TPSA) is 85.2 Å². The highest BCUT2D eigenvalue weighted by Gasteiger charge is 2.27. The first-order chi connectivity index (χ1) is 15.1. The fourth-order valence-electron chi connectivity index (χ4n) is 4.22. The van der Waals surface area contributed by atoms with Crippen LogP contribution in [-0.2, 0) is 26.6 Å². The molecule has 3 heterocycles. The van der Waals surface area contributed by atoms with Crippen molar-refractivity contribution < 1.29 is 17.6 Å². The molecule has 2 aromatic heterocycles. The van der Waals surface area contributed by atoms with E-state index in [1.54, 1.807) is 23.1 Å². The van der Waals surface area contributed by atoms with Gasteiger partial charge in [0.2, 0.25) is 22.2 Å². The van der Waals surface area contributed by atoms with Gasteiger partial charge in [-0.1, -0.05) is 20.8 Å². The number of imidazole rings is 1. The number of amides is 1. The van der Waals surface area contributed by atoms with Gasteiger partial charge in [0.15, 0.2) is 0 Å². The van der Waals surface area contributed by atoms with Crippen LogP contribution >= 0.6 is 0 Å². The average molecular weight is 459 g/mol. The van der Waals surface area contributed by atoms with Crippen LogP contribution in [0.4, 0.5) is 4.39 Å². The number of benzene rings is 1. The van der Waals surface area contributed by atoms with Gasteiger partial charge in [-0.15, -0.1) is 0 Å². The number of rotatable bonds is 5. The zero-order valence-electron chi connectivity index (χ0n) is 18.5. The van der Waals surface area contributed by atoms with Crippen LogP contribution in [0.15, 0.2) is 46.3 Å². The van der Waals surface area contributed by atoms with E-state index in [4.69, 9.17) is 4.98 Å². The molecule has 1 aromatic carbocycles. The Morgan fingerprint density at radius 1 is 1.12 bits per heavy atom. The summed E-state index contributed by atoms with van der Waals surface area (Å²) in [6.45, 7) is 8.50. The molecule has 0 aliphatic carbocycles. The van der Waals surface area contributed by atoms with Gasteiger partial charge in [-0.2, -0.15) is 4.39 Å². The van der Waals surface area contributed by atoms with E-state index in [0.29, 0.717) is 11.4 Å². The van der Waals surface area contributed by atoms with Crippen molar-refractivity contribution in [1.29, 1.82) is 0 Å². The summed E-state index contributed by atoms with van der Waals surface area (Å²) in [5.74, 6) is 0.454. The maximum absolute atomic E-state index is 13.5. The third-order valence-corrected chi connectivity index (χ3v) is 7.70. The second-order valence-corrected chi connectivity index (χ2v) is 11.3. The predicted octanol–water partition coefficient (Wildman–Crippen LogP) is 3.57. The molecule has 0 spiro atoms. The van der Waals surface area contributed by atoms with Gasteiger partial charge in [0.1, 0.15) is 5.82 Å². The summed E-state index contributed by atoms with van der Waals surface area (Å²) in [5.41, 5.74) is 1.22. The minimum Gasteiger partial charge on any atom is -0.345 e. The lowest BCUT2D eigenvalue weighted by molar-refractivity contribution is -0.119. The zero-order valence-corrected chi connectivity index (χ0v) is 19.3. The maximum Gasteiger partial charge on any atom is 0.214 e. The van der Waals surface area contributed by atoms with Crippen LogP contribution in [0.1, 0.15) is 39.4 Å². The van der Waals surface area contributed by atoms with Crippen molar-refractivity contribution in [3.05, 3.63) is 48.3 Å². The Kier molecular flexibility index (Phi) is 5.79. The summed E-state index contributed by atoms with van der Waals surface area (Å²) in [7, 11) is -3.90. The maximum atomic E-state index is 13.5. The minimum atomic E-state index is -3.90. The van der Waals surface area contributed by atoms with Crippen LogP contribution in [0.25, 0.3) is 11.0 Å². The minimum absolute atomic E-state index is 0.0694. The third kappa shape index (κ3) is 4.26. The van der Waals surface area contributed by atoms with E-state index in [0.717, 1.165) is 62.5 Å². The zero-order chi connectivity index (χ0) is 23.1. The summed E-state index contributed by atoms with van der Waals surface area (Å²) in [4.78, 5) is 21.0. The first-order valence-electron chi connectivity index (χ1n) is 10.7. The number of likely N-dealkylation sites (tertiary alicyclic amines) is 1. The summed E-state index contributed by atoms with van der Waals surface area (Å²) in [5, 5.41) is 0. The number of piperidine rings is 1. The van der Waals surface area contributed by atoms with Crippen molar-refractivity contribution in [3.63, 3.8) is 0 Å². The van der Waals surface area contributed by atoms with E-state index in [2.05, 4.69) is 30.3 Å². The second kappa shape index (κ2) is 8.27. The molecule has 0 atom stereocenters. The van der Waals surface area contributed by atoms with Crippen molar-refractivity contribution in [2.45, 2.75) is 55.4 Å². The molecular weight excluding hydrogens is 431 g/mol. The Morgan fingerprint density at radius 3 is 2.44 bits per heavy atom. The second-order valence-electron chi connectivity index (χ2n) is 9.35. The Morgan fingerprint density at radius 2 is 1.81 bits per heavy atom. The van der Waals surface area contributed by atoms with Crippen LogP contribution in [0.3, 0.4) is 0 Å². The number of carbonyl (C=O) groups is 1. The van der Waals surface area contributed by atoms with Gasteiger partial charge in [0.05, 0.1) is 20.8 Å². The number of fused-ring (bicyclic) bond motifs is 1. The molecule has 3 aromatic rings. The van der Waals surface area contributed by atoms with Crippen LogP contribution in [0.2, 0.25) is 0 Å². The molecule has 7 nitrogen and oxygen atoms in total. The molecule has 1 aliphatic heterocycles. The van der Waals surface area contributed by atoms with Crippen LogP contribution in [0.5, 0.6) is 0 Å². The number of nitrogens with zero attached hydrogens (tertiary/aromatic N) is 4. The molecule has 1 fully saturated rings. The number of pyridine rings is 1. The molecule has 0 saturated carbocycles. The predicted molar refractivity (Wildman–Crippen MR) is 118 cm³/mol. The van der Waals surface area contributed by atoms with Gasteiger partial charge < -0.3 is 9.47 Å². The molecule has 1 amide bonds. The van der Waals surface area contributed by atoms with Crippen molar-refractivity contribution in [3.8, 4) is 0 Å². The highest BCUT2D eigenvalue weighted by Crippen LogP contribution is 2.31. The Labute approximate surface area is 187 Å². The summed E-state index contributed by atoms with van der Waals surface area (Å²) < 4.78 is 41.8. The van der Waals surface area contributed by atoms with Gasteiger partial charge in [0, 0.05) is 37.3 Å². The fraction of sp³-hybridized carbons (Fsp3) is 0.435. The van der Waals surface area contributed by atoms with Crippen molar-refractivity contribution in [2.24, 2.45) is 5.92 Å². The smallest absolute Gasteiger partial charge is 0.214 e. The van der Waals surface area contributed by atoms with Crippen molar-refractivity contribution >= 4 is 27.3 Å². The highest BCUT2D eigenvalue weighted by atomic mass is 32.2. The SMILES string of the molecule is CC(C)(C)c1nc2cc(S(=O)(=O)c3ccnc(F)c3)ccc2n1CC1CCN(C=O)CC1. The first-order valence-corrected chi connectivity index (χ1v) is 12.1. The fourth-order valence-corrected chi connectivity index (χ4v) is 5.50. The highest BCUT2D eigenvalue weighted by molar-refractivity contribution is 7.91. The summed E-state index contributed by atoms with van der Waals surface area (Å²) >= 11 is 0. The van der Waals surface area contributed by atoms with Gasteiger partial charge in [-0.3, -0.25) is 4.79 Å². The number of halogens is 1. The molecule has 0 radical (unpaired) electrons. The monoisotopic (exact) mass is 458 g/mol. The largest absolute Gasteiger partial charge is 0.345 e. The molecule has 32 heavy (non-hydrogen) atoms. The first kappa shape index (κ1) is 22.4. The Hall–Kier alpha value is -2.81. The molecule has 1 aliphatic rings. The molecule has 170 valence electrons. The lowest BCUT2D eigenvalue weighted by atomic mass is 9.93. The third-order valence-electron chi connectivity index (χ3n) is 5.95. The molecule has 1 saturated heterocycles. The standard InChI is InChI=1S/C23H27FN4O3S/c1-23(2,3)22-26-19-12-17(32(30,31)18-6-9-25-21(24)13-18)4-5-20(19)28(22)14-16-7-10-27(15-29)11-8-16/h4-6,9,12-13,15-16H,7-8,10-11,14H2,1-3H3.